The third-order valence-electron chi connectivity index (χ3n) is 5.44. The maximum atomic E-state index is 12.9. The number of hydrogen-bond acceptors (Lipinski definition) is 5. The number of carbonyl (C=O) groups excluding carboxylic acids is 2. The van der Waals surface area contributed by atoms with Crippen molar-refractivity contribution >= 4 is 11.9 Å². The quantitative estimate of drug-likeness (QED) is 0.413. The molecule has 0 aliphatic heterocycles. The van der Waals surface area contributed by atoms with Gasteiger partial charge in [0.15, 0.2) is 0 Å². The van der Waals surface area contributed by atoms with E-state index in [1.54, 1.807) is 19.2 Å². The number of methoxy groups -OCH3 is 1. The summed E-state index contributed by atoms with van der Waals surface area (Å²) in [5.41, 5.74) is 5.99. The van der Waals surface area contributed by atoms with Crippen LogP contribution in [-0.2, 0) is 16.1 Å². The van der Waals surface area contributed by atoms with E-state index < -0.39 is 12.1 Å². The molecule has 184 valence electrons. The van der Waals surface area contributed by atoms with Crippen LogP contribution in [0.25, 0.3) is 0 Å². The van der Waals surface area contributed by atoms with Crippen molar-refractivity contribution in [3.8, 4) is 5.75 Å². The average molecular weight is 476 g/mol. The number of ether oxygens (including phenoxy) is 3. The Kier molecular flexibility index (Phi) is 9.04. The minimum Gasteiger partial charge on any atom is -0.497 e. The molecule has 0 saturated heterocycles. The molecule has 0 aliphatic carbocycles. The Morgan fingerprint density at radius 3 is 1.89 bits per heavy atom. The maximum Gasteiger partial charge on any atom is 0.338 e. The Hall–Kier alpha value is -3.64. The van der Waals surface area contributed by atoms with E-state index in [0.29, 0.717) is 17.7 Å². The molecule has 0 aromatic heterocycles. The lowest BCUT2D eigenvalue weighted by atomic mass is 10.1. The molecule has 0 radical (unpaired) electrons. The highest BCUT2D eigenvalue weighted by Gasteiger charge is 2.19. The van der Waals surface area contributed by atoms with Gasteiger partial charge >= 0.3 is 5.97 Å². The molecule has 1 amide bonds. The summed E-state index contributed by atoms with van der Waals surface area (Å²) in [6, 6.07) is 18.8. The summed E-state index contributed by atoms with van der Waals surface area (Å²) < 4.78 is 16.8. The van der Waals surface area contributed by atoms with Crippen LogP contribution < -0.4 is 10.1 Å². The molecule has 0 heterocycles. The molecule has 6 nitrogen and oxygen atoms in total. The monoisotopic (exact) mass is 475 g/mol. The van der Waals surface area contributed by atoms with Gasteiger partial charge in [0.25, 0.3) is 5.91 Å². The van der Waals surface area contributed by atoms with Crippen LogP contribution in [0.4, 0.5) is 0 Å². The molecule has 1 N–H and O–H groups in total. The van der Waals surface area contributed by atoms with Crippen molar-refractivity contribution in [3.05, 3.63) is 99.6 Å². The van der Waals surface area contributed by atoms with Crippen LogP contribution in [0.2, 0.25) is 0 Å². The number of rotatable bonds is 10. The minimum atomic E-state index is -0.656. The molecule has 0 saturated carbocycles. The third kappa shape index (κ3) is 7.97. The van der Waals surface area contributed by atoms with Crippen LogP contribution >= 0.6 is 0 Å². The summed E-state index contributed by atoms with van der Waals surface area (Å²) in [5, 5.41) is 2.88. The van der Waals surface area contributed by atoms with Crippen LogP contribution in [0.15, 0.2) is 60.7 Å². The lowest BCUT2D eigenvalue weighted by Crippen LogP contribution is -2.37. The Balaban J connectivity index is 1.66. The van der Waals surface area contributed by atoms with Gasteiger partial charge in [-0.1, -0.05) is 46.5 Å². The zero-order chi connectivity index (χ0) is 25.4. The van der Waals surface area contributed by atoms with E-state index in [0.717, 1.165) is 33.6 Å². The predicted molar refractivity (Wildman–Crippen MR) is 136 cm³/mol. The van der Waals surface area contributed by atoms with Gasteiger partial charge in [-0.3, -0.25) is 4.79 Å². The van der Waals surface area contributed by atoms with E-state index in [4.69, 9.17) is 14.2 Å². The number of benzene rings is 3. The van der Waals surface area contributed by atoms with E-state index in [-0.39, 0.29) is 19.1 Å². The highest BCUT2D eigenvalue weighted by atomic mass is 16.6. The fourth-order valence-corrected chi connectivity index (χ4v) is 3.89. The largest absolute Gasteiger partial charge is 0.497 e. The van der Waals surface area contributed by atoms with Gasteiger partial charge in [0, 0.05) is 5.56 Å². The molecule has 0 unspecified atom stereocenters. The Labute approximate surface area is 207 Å². The minimum absolute atomic E-state index is 0.130. The number of nitrogens with one attached hydrogen (secondary N) is 1. The highest BCUT2D eigenvalue weighted by molar-refractivity contribution is 5.94. The van der Waals surface area contributed by atoms with Crippen LogP contribution in [0.3, 0.4) is 0 Å². The Bertz CT molecular complexity index is 1130. The predicted octanol–water partition coefficient (Wildman–Crippen LogP) is 5.10. The van der Waals surface area contributed by atoms with Crippen LogP contribution in [-0.4, -0.2) is 38.2 Å². The summed E-state index contributed by atoms with van der Waals surface area (Å²) in [7, 11) is 1.62. The van der Waals surface area contributed by atoms with E-state index in [9.17, 15) is 9.59 Å². The summed E-state index contributed by atoms with van der Waals surface area (Å²) in [5.74, 6) is 0.0954. The molecule has 0 aliphatic rings. The molecule has 6 heteroatoms. The number of hydrogen-bond donors (Lipinski definition) is 1. The van der Waals surface area contributed by atoms with Crippen molar-refractivity contribution < 1.29 is 23.8 Å². The van der Waals surface area contributed by atoms with E-state index in [1.807, 2.05) is 76.2 Å². The van der Waals surface area contributed by atoms with Crippen molar-refractivity contribution in [2.24, 2.45) is 0 Å². The topological polar surface area (TPSA) is 73.9 Å². The van der Waals surface area contributed by atoms with Crippen molar-refractivity contribution in [1.29, 1.82) is 0 Å². The molecule has 3 rings (SSSR count). The smallest absolute Gasteiger partial charge is 0.338 e. The number of amides is 1. The van der Waals surface area contributed by atoms with Gasteiger partial charge in [-0.05, 0) is 69.7 Å². The number of aryl methyl sites for hydroxylation is 4. The second-order valence-electron chi connectivity index (χ2n) is 8.85. The van der Waals surface area contributed by atoms with Gasteiger partial charge in [0.05, 0.1) is 32.4 Å². The SMILES string of the molecule is COc1ccc(COC[C@@H](CNC(=O)c2cc(C)cc(C)c2)OC(=O)c2cc(C)cc(C)c2)cc1. The fourth-order valence-electron chi connectivity index (χ4n) is 3.89. The van der Waals surface area contributed by atoms with Crippen molar-refractivity contribution in [1.82, 2.24) is 5.32 Å². The van der Waals surface area contributed by atoms with Crippen LogP contribution in [0, 0.1) is 27.7 Å². The number of carbonyl (C=O) groups is 2. The molecule has 0 spiro atoms. The van der Waals surface area contributed by atoms with Crippen LogP contribution in [0.1, 0.15) is 48.5 Å². The summed E-state index contributed by atoms with van der Waals surface area (Å²) in [4.78, 5) is 25.6. The summed E-state index contributed by atoms with van der Waals surface area (Å²) in [6.45, 7) is 8.37. The van der Waals surface area contributed by atoms with Crippen LogP contribution in [0.5, 0.6) is 5.75 Å². The van der Waals surface area contributed by atoms with Crippen molar-refractivity contribution in [2.75, 3.05) is 20.3 Å². The van der Waals surface area contributed by atoms with Crippen molar-refractivity contribution in [2.45, 2.75) is 40.4 Å². The van der Waals surface area contributed by atoms with Gasteiger partial charge in [-0.25, -0.2) is 4.79 Å². The Morgan fingerprint density at radius 2 is 1.34 bits per heavy atom. The molecule has 0 fully saturated rings. The summed E-state index contributed by atoms with van der Waals surface area (Å²) in [6.07, 6.45) is -0.656. The molecule has 3 aromatic carbocycles. The van der Waals surface area contributed by atoms with Gasteiger partial charge < -0.3 is 19.5 Å². The standard InChI is InChI=1S/C29H33NO5/c1-19-10-20(2)13-24(12-19)28(31)30-16-27(18-34-17-23-6-8-26(33-5)9-7-23)35-29(32)25-14-21(3)11-22(4)15-25/h6-15,27H,16-18H2,1-5H3,(H,30,31)/t27-/m1/s1. The molecular formula is C29H33NO5. The zero-order valence-corrected chi connectivity index (χ0v) is 21.0. The van der Waals surface area contributed by atoms with E-state index >= 15 is 0 Å². The third-order valence-corrected chi connectivity index (χ3v) is 5.44. The lowest BCUT2D eigenvalue weighted by molar-refractivity contribution is -0.00745. The van der Waals surface area contributed by atoms with Gasteiger partial charge in [0.2, 0.25) is 0 Å². The first kappa shape index (κ1) is 26.0. The van der Waals surface area contributed by atoms with Crippen molar-refractivity contribution in [3.63, 3.8) is 0 Å². The first-order valence-electron chi connectivity index (χ1n) is 11.6. The fraction of sp³-hybridized carbons (Fsp3) is 0.310. The molecule has 3 aromatic rings. The maximum absolute atomic E-state index is 12.9. The first-order valence-corrected chi connectivity index (χ1v) is 11.6. The highest BCUT2D eigenvalue weighted by Crippen LogP contribution is 2.14. The second kappa shape index (κ2) is 12.2. The lowest BCUT2D eigenvalue weighted by Gasteiger charge is -2.19. The summed E-state index contributed by atoms with van der Waals surface area (Å²) >= 11 is 0. The Morgan fingerprint density at radius 1 is 0.800 bits per heavy atom. The van der Waals surface area contributed by atoms with E-state index in [2.05, 4.69) is 5.32 Å². The molecule has 0 bridgehead atoms. The molecule has 35 heavy (non-hydrogen) atoms. The first-order chi connectivity index (χ1) is 16.7. The second-order valence-corrected chi connectivity index (χ2v) is 8.85. The van der Waals surface area contributed by atoms with Gasteiger partial charge in [-0.15, -0.1) is 0 Å². The van der Waals surface area contributed by atoms with Gasteiger partial charge in [-0.2, -0.15) is 0 Å². The zero-order valence-electron chi connectivity index (χ0n) is 21.0. The van der Waals surface area contributed by atoms with E-state index in [1.165, 1.54) is 0 Å². The number of esters is 1. The molecular weight excluding hydrogens is 442 g/mol. The molecule has 1 atom stereocenters. The average Bonchev–Trinajstić information content (AvgIpc) is 2.81. The normalized spacial score (nSPS) is 11.6. The van der Waals surface area contributed by atoms with Gasteiger partial charge in [0.1, 0.15) is 11.9 Å².